The van der Waals surface area contributed by atoms with E-state index in [4.69, 9.17) is 0 Å². The minimum Gasteiger partial charge on any atom is -0.374 e. The zero-order chi connectivity index (χ0) is 34.9. The van der Waals surface area contributed by atoms with Crippen molar-refractivity contribution < 1.29 is 10.2 Å². The maximum Gasteiger partial charge on any atom is 0.330 e. The summed E-state index contributed by atoms with van der Waals surface area (Å²) in [5.74, 6) is 0. The minimum atomic E-state index is -0.946. The van der Waals surface area contributed by atoms with Crippen LogP contribution in [0, 0.1) is 0 Å². The van der Waals surface area contributed by atoms with Crippen LogP contribution in [0.1, 0.15) is 67.3 Å². The summed E-state index contributed by atoms with van der Waals surface area (Å²) < 4.78 is 1.30. The molecule has 0 saturated carbocycles. The summed E-state index contributed by atoms with van der Waals surface area (Å²) in [6.45, 7) is 5.65. The first-order valence-electron chi connectivity index (χ1n) is 17.7. The average molecular weight is 677 g/mol. The van der Waals surface area contributed by atoms with E-state index >= 15 is 0 Å². The average Bonchev–Trinajstić information content (AvgIpc) is 3.13. The molecule has 3 unspecified atom stereocenters. The third kappa shape index (κ3) is 8.40. The summed E-state index contributed by atoms with van der Waals surface area (Å²) >= 11 is 0. The minimum absolute atomic E-state index is 0.290. The van der Waals surface area contributed by atoms with E-state index in [-0.39, 0.29) is 5.56 Å². The van der Waals surface area contributed by atoms with Crippen LogP contribution in [0.5, 0.6) is 0 Å². The van der Waals surface area contributed by atoms with Crippen LogP contribution in [0.25, 0.3) is 10.9 Å². The number of nitrogens with one attached hydrogen (secondary N) is 3. The van der Waals surface area contributed by atoms with E-state index in [0.717, 1.165) is 62.1 Å². The number of hydrogen-bond donors (Lipinski definition) is 5. The highest BCUT2D eigenvalue weighted by Gasteiger charge is 2.31. The lowest BCUT2D eigenvalue weighted by molar-refractivity contribution is -0.0987. The van der Waals surface area contributed by atoms with E-state index in [1.54, 1.807) is 29.2 Å². The molecule has 262 valence electrons. The van der Waals surface area contributed by atoms with Gasteiger partial charge in [-0.05, 0) is 80.1 Å². The maximum absolute atomic E-state index is 13.3. The van der Waals surface area contributed by atoms with Gasteiger partial charge in [0.15, 0.2) is 6.35 Å². The van der Waals surface area contributed by atoms with Crippen molar-refractivity contribution in [1.82, 2.24) is 24.7 Å². The second kappa shape index (κ2) is 16.9. The number of benzene rings is 4. The second-order valence-corrected chi connectivity index (χ2v) is 13.0. The van der Waals surface area contributed by atoms with Crippen molar-refractivity contribution in [2.24, 2.45) is 0 Å². The van der Waals surface area contributed by atoms with Crippen LogP contribution in [-0.4, -0.2) is 55.6 Å². The fourth-order valence-corrected chi connectivity index (χ4v) is 6.95. The van der Waals surface area contributed by atoms with E-state index in [1.165, 1.54) is 15.7 Å². The zero-order valence-corrected chi connectivity index (χ0v) is 28.7. The van der Waals surface area contributed by atoms with E-state index in [9.17, 15) is 19.8 Å². The fourth-order valence-electron chi connectivity index (χ4n) is 6.95. The first kappa shape index (κ1) is 35.3. The van der Waals surface area contributed by atoms with Gasteiger partial charge < -0.3 is 20.5 Å². The van der Waals surface area contributed by atoms with Crippen LogP contribution in [0.15, 0.2) is 113 Å². The number of unbranched alkanes of at least 4 members (excludes halogenated alkanes) is 1. The molecule has 0 amide bonds. The highest BCUT2D eigenvalue weighted by Crippen LogP contribution is 2.32. The normalized spacial score (nSPS) is 16.7. The summed E-state index contributed by atoms with van der Waals surface area (Å²) in [5, 5.41) is 28.7. The summed E-state index contributed by atoms with van der Waals surface area (Å²) in [4.78, 5) is 33.2. The Bertz CT molecular complexity index is 1960. The lowest BCUT2D eigenvalue weighted by atomic mass is 10.0. The van der Waals surface area contributed by atoms with Gasteiger partial charge in [0.05, 0.1) is 17.1 Å². The Balaban J connectivity index is 1.04. The van der Waals surface area contributed by atoms with Gasteiger partial charge in [0, 0.05) is 30.9 Å². The predicted octanol–water partition coefficient (Wildman–Crippen LogP) is 5.30. The predicted molar refractivity (Wildman–Crippen MR) is 198 cm³/mol. The number of aliphatic hydroxyl groups excluding tert-OH is 2. The molecule has 0 saturated heterocycles. The highest BCUT2D eigenvalue weighted by atomic mass is 16.3. The summed E-state index contributed by atoms with van der Waals surface area (Å²) in [5.41, 5.74) is 5.05. The molecule has 3 atom stereocenters. The van der Waals surface area contributed by atoms with E-state index in [2.05, 4.69) is 63.0 Å². The Morgan fingerprint density at radius 3 is 2.34 bits per heavy atom. The van der Waals surface area contributed by atoms with Crippen molar-refractivity contribution in [3.05, 3.63) is 146 Å². The van der Waals surface area contributed by atoms with E-state index < -0.39 is 24.4 Å². The van der Waals surface area contributed by atoms with Crippen molar-refractivity contribution in [3.8, 4) is 0 Å². The number of aromatic amines is 1. The molecule has 0 spiro atoms. The van der Waals surface area contributed by atoms with Gasteiger partial charge in [-0.15, -0.1) is 0 Å². The van der Waals surface area contributed by atoms with Crippen molar-refractivity contribution in [2.75, 3.05) is 25.0 Å². The number of aromatic nitrogens is 2. The number of aryl methyl sites for hydroxylation is 1. The number of nitrogens with zero attached hydrogens (tertiary/aromatic N) is 3. The molecule has 1 aliphatic heterocycles. The van der Waals surface area contributed by atoms with Gasteiger partial charge in [-0.3, -0.25) is 15.0 Å². The molecule has 2 heterocycles. The Kier molecular flexibility index (Phi) is 11.9. The molecule has 0 fully saturated rings. The van der Waals surface area contributed by atoms with Crippen molar-refractivity contribution in [2.45, 2.75) is 70.9 Å². The molecular weight excluding hydrogens is 628 g/mol. The number of hydrogen-bond acceptors (Lipinski definition) is 8. The van der Waals surface area contributed by atoms with Crippen LogP contribution < -0.4 is 21.9 Å². The second-order valence-electron chi connectivity index (χ2n) is 13.0. The van der Waals surface area contributed by atoms with Crippen molar-refractivity contribution >= 4 is 16.6 Å². The monoisotopic (exact) mass is 676 g/mol. The SMILES string of the molecule is CCC(NCc1ccccc1CCCCN(CCCN1C(O)Nc2ccccc2C1O)Cc1ccccc1)n1c(=O)[nH]c2ccccc2c1=O. The molecule has 5 N–H and O–H groups in total. The zero-order valence-electron chi connectivity index (χ0n) is 28.7. The lowest BCUT2D eigenvalue weighted by Crippen LogP contribution is -2.47. The first-order chi connectivity index (χ1) is 24.4. The van der Waals surface area contributed by atoms with Gasteiger partial charge in [-0.25, -0.2) is 14.3 Å². The summed E-state index contributed by atoms with van der Waals surface area (Å²) in [6.07, 6.45) is 2.07. The smallest absolute Gasteiger partial charge is 0.330 e. The molecule has 6 rings (SSSR count). The lowest BCUT2D eigenvalue weighted by Gasteiger charge is -2.39. The van der Waals surface area contributed by atoms with E-state index in [1.807, 2.05) is 43.3 Å². The van der Waals surface area contributed by atoms with E-state index in [0.29, 0.717) is 30.4 Å². The number of anilines is 1. The van der Waals surface area contributed by atoms with Gasteiger partial charge in [0.1, 0.15) is 6.23 Å². The molecular formula is C40H48N6O4. The largest absolute Gasteiger partial charge is 0.374 e. The Labute approximate surface area is 293 Å². The topological polar surface area (TPSA) is 126 Å². The maximum atomic E-state index is 13.3. The van der Waals surface area contributed by atoms with Crippen LogP contribution in [0.4, 0.5) is 5.69 Å². The molecule has 10 heteroatoms. The molecule has 1 aromatic heterocycles. The number of aliphatic hydroxyl groups is 2. The molecule has 1 aliphatic rings. The summed E-state index contributed by atoms with van der Waals surface area (Å²) in [7, 11) is 0. The van der Waals surface area contributed by atoms with Crippen molar-refractivity contribution in [3.63, 3.8) is 0 Å². The molecule has 10 nitrogen and oxygen atoms in total. The van der Waals surface area contributed by atoms with Crippen LogP contribution in [0.2, 0.25) is 0 Å². The number of fused-ring (bicyclic) bond motifs is 2. The summed E-state index contributed by atoms with van der Waals surface area (Å²) in [6, 6.07) is 33.5. The quantitative estimate of drug-likeness (QED) is 0.0893. The molecule has 4 aromatic carbocycles. The first-order valence-corrected chi connectivity index (χ1v) is 17.7. The number of para-hydroxylation sites is 2. The van der Waals surface area contributed by atoms with Gasteiger partial charge in [-0.2, -0.15) is 0 Å². The van der Waals surface area contributed by atoms with Gasteiger partial charge in [0.2, 0.25) is 0 Å². The molecule has 0 bridgehead atoms. The molecule has 50 heavy (non-hydrogen) atoms. The fraction of sp³-hybridized carbons (Fsp3) is 0.350. The van der Waals surface area contributed by atoms with Gasteiger partial charge in [-0.1, -0.05) is 91.9 Å². The third-order valence-corrected chi connectivity index (χ3v) is 9.64. The Hall–Kier alpha value is -4.58. The number of rotatable bonds is 16. The van der Waals surface area contributed by atoms with Gasteiger partial charge in [0.25, 0.3) is 5.56 Å². The van der Waals surface area contributed by atoms with Crippen LogP contribution in [-0.2, 0) is 19.5 Å². The molecule has 5 aromatic rings. The third-order valence-electron chi connectivity index (χ3n) is 9.64. The highest BCUT2D eigenvalue weighted by molar-refractivity contribution is 5.76. The Morgan fingerprint density at radius 1 is 0.820 bits per heavy atom. The van der Waals surface area contributed by atoms with Crippen LogP contribution in [0.3, 0.4) is 0 Å². The molecule has 0 aliphatic carbocycles. The van der Waals surface area contributed by atoms with Crippen molar-refractivity contribution in [1.29, 1.82) is 0 Å². The van der Waals surface area contributed by atoms with Crippen LogP contribution >= 0.6 is 0 Å². The number of H-pyrrole nitrogens is 1. The van der Waals surface area contributed by atoms with Gasteiger partial charge >= 0.3 is 5.69 Å². The Morgan fingerprint density at radius 2 is 1.52 bits per heavy atom. The standard InChI is InChI=1S/C40H48N6O4/c1-2-36(46-38(48)33-21-9-11-23-35(33)43-40(46)50)41-27-31-19-7-6-17-30(31)18-12-13-24-44(28-29-15-4-3-5-16-29)25-14-26-45-37(47)32-20-8-10-22-34(32)42-39(45)49/h3-11,15-17,19-23,36-37,39,41-42,47,49H,2,12-14,18,24-28H2,1H3,(H,43,50). The molecule has 0 radical (unpaired) electrons.